The molecule has 48 valence electrons. The van der Waals surface area contributed by atoms with E-state index >= 15 is 0 Å². The number of halogens is 1. The molecule has 0 spiro atoms. The van der Waals surface area contributed by atoms with Crippen LogP contribution in [0.1, 0.15) is 19.8 Å². The van der Waals surface area contributed by atoms with Crippen molar-refractivity contribution in [3.8, 4) is 0 Å². The Morgan fingerprint density at radius 2 is 2.38 bits per heavy atom. The molecule has 0 radical (unpaired) electrons. The normalized spacial score (nSPS) is 13.2. The van der Waals surface area contributed by atoms with E-state index in [0.717, 1.165) is 0 Å². The van der Waals surface area contributed by atoms with Gasteiger partial charge in [-0.1, -0.05) is 0 Å². The van der Waals surface area contributed by atoms with Crippen molar-refractivity contribution >= 4 is 17.6 Å². The van der Waals surface area contributed by atoms with E-state index in [2.05, 4.69) is 0 Å². The molecule has 1 unspecified atom stereocenters. The van der Waals surface area contributed by atoms with Crippen LogP contribution in [0.3, 0.4) is 0 Å². The molecule has 8 heavy (non-hydrogen) atoms. The van der Waals surface area contributed by atoms with Crippen LogP contribution in [0.4, 0.5) is 0 Å². The average Bonchev–Trinajstić information content (AvgIpc) is 1.61. The van der Waals surface area contributed by atoms with Gasteiger partial charge in [-0.2, -0.15) is 0 Å². The van der Waals surface area contributed by atoms with Crippen molar-refractivity contribution in [2.45, 2.75) is 25.1 Å². The third-order valence-corrected chi connectivity index (χ3v) is 0.974. The van der Waals surface area contributed by atoms with E-state index < -0.39 is 5.97 Å². The minimum Gasteiger partial charge on any atom is -0.481 e. The second-order valence-corrected chi connectivity index (χ2v) is 2.46. The first-order chi connectivity index (χ1) is 3.63. The van der Waals surface area contributed by atoms with Crippen molar-refractivity contribution < 1.29 is 9.90 Å². The predicted molar refractivity (Wildman–Crippen MR) is 32.2 cm³/mol. The van der Waals surface area contributed by atoms with Crippen LogP contribution in [0.2, 0.25) is 0 Å². The smallest absolute Gasteiger partial charge is 0.303 e. The van der Waals surface area contributed by atoms with Crippen LogP contribution in [0.25, 0.3) is 0 Å². The Labute approximate surface area is 53.5 Å². The molecule has 0 amide bonds. The Morgan fingerprint density at radius 3 is 2.50 bits per heavy atom. The molecule has 0 fully saturated rings. The topological polar surface area (TPSA) is 37.3 Å². The molecule has 0 saturated carbocycles. The number of carboxylic acids is 1. The molecule has 0 rings (SSSR count). The van der Waals surface area contributed by atoms with E-state index in [1.165, 1.54) is 0 Å². The van der Waals surface area contributed by atoms with Crippen molar-refractivity contribution in [1.29, 1.82) is 0 Å². The fraction of sp³-hybridized carbons (Fsp3) is 0.800. The first-order valence-corrected chi connectivity index (χ1v) is 2.92. The molecule has 0 saturated heterocycles. The van der Waals surface area contributed by atoms with Gasteiger partial charge in [-0.3, -0.25) is 4.79 Å². The zero-order chi connectivity index (χ0) is 6.57. The predicted octanol–water partition coefficient (Wildman–Crippen LogP) is 1.48. The molecular weight excluding hydrogens is 128 g/mol. The summed E-state index contributed by atoms with van der Waals surface area (Å²) in [7, 11) is 0. The summed E-state index contributed by atoms with van der Waals surface area (Å²) in [6.07, 6.45) is 0.724. The highest BCUT2D eigenvalue weighted by molar-refractivity contribution is 6.20. The van der Waals surface area contributed by atoms with Gasteiger partial charge >= 0.3 is 5.97 Å². The van der Waals surface area contributed by atoms with Gasteiger partial charge in [0.15, 0.2) is 0 Å². The summed E-state index contributed by atoms with van der Waals surface area (Å²) in [6.45, 7) is 1.78. The Kier molecular flexibility index (Phi) is 3.61. The third-order valence-electron chi connectivity index (χ3n) is 0.756. The molecule has 0 aromatic heterocycles. The van der Waals surface area contributed by atoms with E-state index in [0.29, 0.717) is 6.42 Å². The van der Waals surface area contributed by atoms with Crippen molar-refractivity contribution in [2.24, 2.45) is 0 Å². The fourth-order valence-corrected chi connectivity index (χ4v) is 0.431. The van der Waals surface area contributed by atoms with Crippen LogP contribution in [0.5, 0.6) is 0 Å². The Balaban J connectivity index is 3.05. The third kappa shape index (κ3) is 5.76. The lowest BCUT2D eigenvalue weighted by Gasteiger charge is -1.95. The van der Waals surface area contributed by atoms with E-state index in [9.17, 15) is 4.79 Å². The number of alkyl halides is 1. The van der Waals surface area contributed by atoms with Gasteiger partial charge in [-0.25, -0.2) is 0 Å². The van der Waals surface area contributed by atoms with Crippen molar-refractivity contribution in [1.82, 2.24) is 0 Å². The molecule has 0 aliphatic heterocycles. The summed E-state index contributed by atoms with van der Waals surface area (Å²) in [5, 5.41) is 8.08. The maximum Gasteiger partial charge on any atom is 0.303 e. The number of hydrogen-bond donors (Lipinski definition) is 1. The molecule has 0 bridgehead atoms. The van der Waals surface area contributed by atoms with E-state index in [4.69, 9.17) is 16.7 Å². The van der Waals surface area contributed by atoms with Gasteiger partial charge in [0.25, 0.3) is 0 Å². The van der Waals surface area contributed by atoms with Gasteiger partial charge in [0.1, 0.15) is 0 Å². The zero-order valence-electron chi connectivity index (χ0n) is 4.72. The van der Waals surface area contributed by atoms with Crippen molar-refractivity contribution in [2.75, 3.05) is 0 Å². The second-order valence-electron chi connectivity index (χ2n) is 1.71. The highest BCUT2D eigenvalue weighted by atomic mass is 35.5. The standard InChI is InChI=1S/C5H9ClO2/c1-4(6)2-3-5(7)8/h4H,2-3H2,1H3,(H,7,8). The molecule has 1 N–H and O–H groups in total. The summed E-state index contributed by atoms with van der Waals surface area (Å²) in [4.78, 5) is 9.85. The largest absolute Gasteiger partial charge is 0.481 e. The van der Waals surface area contributed by atoms with Crippen molar-refractivity contribution in [3.05, 3.63) is 0 Å². The lowest BCUT2D eigenvalue weighted by atomic mass is 10.2. The van der Waals surface area contributed by atoms with E-state index in [-0.39, 0.29) is 11.8 Å². The van der Waals surface area contributed by atoms with Gasteiger partial charge in [-0.05, 0) is 13.3 Å². The van der Waals surface area contributed by atoms with Crippen molar-refractivity contribution in [3.63, 3.8) is 0 Å². The SMILES string of the molecule is CC(Cl)CCC(=O)O. The minimum atomic E-state index is -0.780. The maximum absolute atomic E-state index is 9.85. The van der Waals surface area contributed by atoms with Crippen LogP contribution in [-0.4, -0.2) is 16.5 Å². The summed E-state index contributed by atoms with van der Waals surface area (Å²) >= 11 is 5.46. The van der Waals surface area contributed by atoms with Crippen LogP contribution in [0.15, 0.2) is 0 Å². The molecule has 0 heterocycles. The average molecular weight is 137 g/mol. The quantitative estimate of drug-likeness (QED) is 0.597. The number of carbonyl (C=O) groups is 1. The van der Waals surface area contributed by atoms with Gasteiger partial charge in [-0.15, -0.1) is 11.6 Å². The summed E-state index contributed by atoms with van der Waals surface area (Å²) in [6, 6.07) is 0. The van der Waals surface area contributed by atoms with Crippen LogP contribution in [0, 0.1) is 0 Å². The molecule has 3 heteroatoms. The van der Waals surface area contributed by atoms with Gasteiger partial charge < -0.3 is 5.11 Å². The number of rotatable bonds is 3. The van der Waals surface area contributed by atoms with Crippen LogP contribution < -0.4 is 0 Å². The monoisotopic (exact) mass is 136 g/mol. The second kappa shape index (κ2) is 3.72. The number of hydrogen-bond acceptors (Lipinski definition) is 1. The van der Waals surface area contributed by atoms with Crippen LogP contribution >= 0.6 is 11.6 Å². The lowest BCUT2D eigenvalue weighted by molar-refractivity contribution is -0.137. The fourth-order valence-electron chi connectivity index (χ4n) is 0.322. The summed E-state index contributed by atoms with van der Waals surface area (Å²) in [5.41, 5.74) is 0. The maximum atomic E-state index is 9.85. The number of carboxylic acid groups (broad SMARTS) is 1. The molecule has 0 aliphatic carbocycles. The Bertz CT molecular complexity index is 80.5. The van der Waals surface area contributed by atoms with E-state index in [1.807, 2.05) is 0 Å². The molecule has 1 atom stereocenters. The van der Waals surface area contributed by atoms with E-state index in [1.54, 1.807) is 6.92 Å². The summed E-state index contributed by atoms with van der Waals surface area (Å²) < 4.78 is 0. The summed E-state index contributed by atoms with van der Waals surface area (Å²) in [5.74, 6) is -0.780. The Morgan fingerprint density at radius 1 is 1.88 bits per heavy atom. The van der Waals surface area contributed by atoms with Gasteiger partial charge in [0, 0.05) is 11.8 Å². The molecule has 0 aromatic carbocycles. The number of aliphatic carboxylic acids is 1. The molecule has 0 aliphatic rings. The Hall–Kier alpha value is -0.240. The minimum absolute atomic E-state index is 0.0221. The lowest BCUT2D eigenvalue weighted by Crippen LogP contribution is -1.98. The highest BCUT2D eigenvalue weighted by Crippen LogP contribution is 2.02. The van der Waals surface area contributed by atoms with Gasteiger partial charge in [0.05, 0.1) is 0 Å². The first-order valence-electron chi connectivity index (χ1n) is 2.49. The molecule has 0 aromatic rings. The van der Waals surface area contributed by atoms with Gasteiger partial charge in [0.2, 0.25) is 0 Å². The van der Waals surface area contributed by atoms with Crippen LogP contribution in [-0.2, 0) is 4.79 Å². The first kappa shape index (κ1) is 7.76. The highest BCUT2D eigenvalue weighted by Gasteiger charge is 1.99. The zero-order valence-corrected chi connectivity index (χ0v) is 5.48. The molecular formula is C5H9ClO2. The molecule has 2 nitrogen and oxygen atoms in total.